The number of carbonyl (C=O) groups excluding carboxylic acids is 1. The van der Waals surface area contributed by atoms with Gasteiger partial charge in [0.15, 0.2) is 0 Å². The van der Waals surface area contributed by atoms with Crippen molar-refractivity contribution in [3.63, 3.8) is 0 Å². The van der Waals surface area contributed by atoms with Gasteiger partial charge in [-0.15, -0.1) is 11.3 Å². The van der Waals surface area contributed by atoms with Crippen molar-refractivity contribution in [2.45, 2.75) is 17.2 Å². The molecule has 0 unspecified atom stereocenters. The van der Waals surface area contributed by atoms with Gasteiger partial charge in [0.1, 0.15) is 9.97 Å². The molecule has 1 atom stereocenters. The molecular formula is C16H20ClN3O4S2. The molecule has 10 heteroatoms. The van der Waals surface area contributed by atoms with E-state index in [-0.39, 0.29) is 22.7 Å². The van der Waals surface area contributed by atoms with Crippen molar-refractivity contribution in [3.05, 3.63) is 40.6 Å². The second-order valence-electron chi connectivity index (χ2n) is 6.04. The highest BCUT2D eigenvalue weighted by Gasteiger charge is 2.30. The largest absolute Gasteiger partial charge is 0.467 e. The zero-order valence-corrected chi connectivity index (χ0v) is 16.6. The molecule has 1 saturated heterocycles. The number of hydrogen-bond donors (Lipinski definition) is 1. The molecule has 0 radical (unpaired) electrons. The van der Waals surface area contributed by atoms with E-state index in [0.29, 0.717) is 36.3 Å². The monoisotopic (exact) mass is 417 g/mol. The molecule has 7 nitrogen and oxygen atoms in total. The lowest BCUT2D eigenvalue weighted by molar-refractivity contribution is -0.123. The Morgan fingerprint density at radius 1 is 1.31 bits per heavy atom. The SMILES string of the molecule is C[C@H](NC(=O)CN1CCN(S(=O)(=O)c2ccc(Cl)s2)CC1)c1ccco1. The van der Waals surface area contributed by atoms with Crippen molar-refractivity contribution in [2.75, 3.05) is 32.7 Å². The molecule has 3 heterocycles. The number of piperazine rings is 1. The van der Waals surface area contributed by atoms with Crippen LogP contribution >= 0.6 is 22.9 Å². The average Bonchev–Trinajstić information content (AvgIpc) is 3.27. The van der Waals surface area contributed by atoms with Crippen LogP contribution in [0.25, 0.3) is 0 Å². The normalized spacial score (nSPS) is 17.9. The Balaban J connectivity index is 1.50. The molecule has 1 amide bonds. The van der Waals surface area contributed by atoms with Crippen molar-refractivity contribution in [3.8, 4) is 0 Å². The van der Waals surface area contributed by atoms with Crippen LogP contribution in [-0.2, 0) is 14.8 Å². The highest BCUT2D eigenvalue weighted by atomic mass is 35.5. The Kier molecular flexibility index (Phi) is 6.03. The third kappa shape index (κ3) is 4.47. The Labute approximate surface area is 161 Å². The summed E-state index contributed by atoms with van der Waals surface area (Å²) in [6, 6.07) is 6.49. The Bertz CT molecular complexity index is 843. The molecular weight excluding hydrogens is 398 g/mol. The first kappa shape index (κ1) is 19.4. The number of amides is 1. The molecule has 1 aliphatic heterocycles. The summed E-state index contributed by atoms with van der Waals surface area (Å²) in [5.74, 6) is 0.583. The van der Waals surface area contributed by atoms with Crippen LogP contribution in [-0.4, -0.2) is 56.3 Å². The van der Waals surface area contributed by atoms with Crippen molar-refractivity contribution < 1.29 is 17.6 Å². The molecule has 2 aromatic rings. The predicted molar refractivity (Wildman–Crippen MR) is 99.8 cm³/mol. The van der Waals surface area contributed by atoms with Gasteiger partial charge in [-0.2, -0.15) is 4.31 Å². The van der Waals surface area contributed by atoms with E-state index in [1.165, 1.54) is 10.4 Å². The molecule has 2 aromatic heterocycles. The summed E-state index contributed by atoms with van der Waals surface area (Å²) >= 11 is 6.89. The highest BCUT2D eigenvalue weighted by Crippen LogP contribution is 2.28. The van der Waals surface area contributed by atoms with Crippen LogP contribution in [0.4, 0.5) is 0 Å². The first-order valence-electron chi connectivity index (χ1n) is 8.17. The van der Waals surface area contributed by atoms with Gasteiger partial charge in [0.2, 0.25) is 5.91 Å². The summed E-state index contributed by atoms with van der Waals surface area (Å²) in [5.41, 5.74) is 0. The molecule has 0 aromatic carbocycles. The van der Waals surface area contributed by atoms with Crippen LogP contribution < -0.4 is 5.32 Å². The van der Waals surface area contributed by atoms with Gasteiger partial charge in [0.25, 0.3) is 10.0 Å². The van der Waals surface area contributed by atoms with E-state index < -0.39 is 10.0 Å². The first-order valence-corrected chi connectivity index (χ1v) is 10.8. The molecule has 0 saturated carbocycles. The zero-order chi connectivity index (χ0) is 18.7. The summed E-state index contributed by atoms with van der Waals surface area (Å²) in [6.07, 6.45) is 1.57. The van der Waals surface area contributed by atoms with E-state index in [0.717, 1.165) is 11.3 Å². The quantitative estimate of drug-likeness (QED) is 0.778. The summed E-state index contributed by atoms with van der Waals surface area (Å²) < 4.78 is 32.6. The molecule has 1 aliphatic rings. The Hall–Kier alpha value is -1.39. The van der Waals surface area contributed by atoms with Crippen molar-refractivity contribution in [2.24, 2.45) is 0 Å². The molecule has 0 bridgehead atoms. The minimum atomic E-state index is -3.51. The molecule has 26 heavy (non-hydrogen) atoms. The number of furan rings is 1. The molecule has 3 rings (SSSR count). The lowest BCUT2D eigenvalue weighted by atomic mass is 10.2. The molecule has 0 spiro atoms. The third-order valence-corrected chi connectivity index (χ3v) is 7.79. The third-order valence-electron chi connectivity index (χ3n) is 4.19. The fraction of sp³-hybridized carbons (Fsp3) is 0.438. The van der Waals surface area contributed by atoms with Gasteiger partial charge >= 0.3 is 0 Å². The fourth-order valence-corrected chi connectivity index (χ4v) is 5.85. The molecule has 1 fully saturated rings. The lowest BCUT2D eigenvalue weighted by Crippen LogP contribution is -2.51. The summed E-state index contributed by atoms with van der Waals surface area (Å²) in [5, 5.41) is 2.88. The van der Waals surface area contributed by atoms with Crippen LogP contribution in [0.3, 0.4) is 0 Å². The van der Waals surface area contributed by atoms with E-state index in [4.69, 9.17) is 16.0 Å². The van der Waals surface area contributed by atoms with E-state index in [1.54, 1.807) is 18.4 Å². The summed E-state index contributed by atoms with van der Waals surface area (Å²) in [6.45, 7) is 3.77. The number of nitrogens with zero attached hydrogens (tertiary/aromatic N) is 2. The van der Waals surface area contributed by atoms with Gasteiger partial charge in [-0.05, 0) is 31.2 Å². The average molecular weight is 418 g/mol. The van der Waals surface area contributed by atoms with Crippen LogP contribution in [0.5, 0.6) is 0 Å². The van der Waals surface area contributed by atoms with E-state index in [2.05, 4.69) is 5.32 Å². The van der Waals surface area contributed by atoms with Crippen LogP contribution in [0.15, 0.2) is 39.2 Å². The summed E-state index contributed by atoms with van der Waals surface area (Å²) in [7, 11) is -3.51. The number of sulfonamides is 1. The smallest absolute Gasteiger partial charge is 0.252 e. The highest BCUT2D eigenvalue weighted by molar-refractivity contribution is 7.91. The standard InChI is InChI=1S/C16H20ClN3O4S2/c1-12(13-3-2-10-24-13)18-15(21)11-19-6-8-20(9-7-19)26(22,23)16-5-4-14(17)25-16/h2-5,10,12H,6-9,11H2,1H3,(H,18,21)/t12-/m0/s1. The molecule has 142 valence electrons. The Morgan fingerprint density at radius 3 is 2.62 bits per heavy atom. The van der Waals surface area contributed by atoms with Gasteiger partial charge < -0.3 is 9.73 Å². The van der Waals surface area contributed by atoms with Gasteiger partial charge in [-0.25, -0.2) is 8.42 Å². The number of rotatable bonds is 6. The van der Waals surface area contributed by atoms with Crippen LogP contribution in [0.2, 0.25) is 4.34 Å². The number of nitrogens with one attached hydrogen (secondary N) is 1. The number of thiophene rings is 1. The van der Waals surface area contributed by atoms with E-state index in [9.17, 15) is 13.2 Å². The van der Waals surface area contributed by atoms with Gasteiger partial charge in [0.05, 0.1) is 23.2 Å². The minimum Gasteiger partial charge on any atom is -0.467 e. The van der Waals surface area contributed by atoms with Gasteiger partial charge in [-0.1, -0.05) is 11.6 Å². The first-order chi connectivity index (χ1) is 12.4. The second-order valence-corrected chi connectivity index (χ2v) is 9.92. The van der Waals surface area contributed by atoms with Crippen LogP contribution in [0.1, 0.15) is 18.7 Å². The van der Waals surface area contributed by atoms with Crippen LogP contribution in [0, 0.1) is 0 Å². The number of halogens is 1. The van der Waals surface area contributed by atoms with E-state index in [1.807, 2.05) is 17.9 Å². The maximum atomic E-state index is 12.6. The molecule has 0 aliphatic carbocycles. The minimum absolute atomic E-state index is 0.116. The van der Waals surface area contributed by atoms with Crippen molar-refractivity contribution >= 4 is 38.9 Å². The number of carbonyl (C=O) groups is 1. The topological polar surface area (TPSA) is 82.9 Å². The maximum Gasteiger partial charge on any atom is 0.252 e. The molecule has 1 N–H and O–H groups in total. The van der Waals surface area contributed by atoms with Crippen molar-refractivity contribution in [1.82, 2.24) is 14.5 Å². The van der Waals surface area contributed by atoms with Gasteiger partial charge in [0, 0.05) is 26.2 Å². The van der Waals surface area contributed by atoms with Crippen molar-refractivity contribution in [1.29, 1.82) is 0 Å². The summed E-state index contributed by atoms with van der Waals surface area (Å²) in [4.78, 5) is 14.1. The lowest BCUT2D eigenvalue weighted by Gasteiger charge is -2.33. The second kappa shape index (κ2) is 8.10. The maximum absolute atomic E-state index is 12.6. The fourth-order valence-electron chi connectivity index (χ4n) is 2.79. The van der Waals surface area contributed by atoms with Gasteiger partial charge in [-0.3, -0.25) is 9.69 Å². The zero-order valence-electron chi connectivity index (χ0n) is 14.2. The number of hydrogen-bond acceptors (Lipinski definition) is 6. The Morgan fingerprint density at radius 2 is 2.04 bits per heavy atom. The van der Waals surface area contributed by atoms with E-state index >= 15 is 0 Å². The predicted octanol–water partition coefficient (Wildman–Crippen LogP) is 2.18.